The fourth-order valence-corrected chi connectivity index (χ4v) is 4.75. The van der Waals surface area contributed by atoms with E-state index in [1.807, 2.05) is 45.0 Å². The van der Waals surface area contributed by atoms with E-state index in [1.54, 1.807) is 30.5 Å². The molecule has 0 N–H and O–H groups in total. The van der Waals surface area contributed by atoms with Gasteiger partial charge in [-0.15, -0.1) is 0 Å². The third-order valence-corrected chi connectivity index (χ3v) is 6.36. The number of carbonyl (C=O) groups excluding carboxylic acids is 1. The molecule has 0 fully saturated rings. The quantitative estimate of drug-likeness (QED) is 0.310. The number of pyridine rings is 1. The fourth-order valence-electron chi connectivity index (χ4n) is 4.39. The van der Waals surface area contributed by atoms with Crippen molar-refractivity contribution in [2.24, 2.45) is 0 Å². The zero-order valence-electron chi connectivity index (χ0n) is 19.5. The lowest BCUT2D eigenvalue weighted by Gasteiger charge is -2.25. The second-order valence-electron chi connectivity index (χ2n) is 8.16. The molecule has 0 saturated carbocycles. The van der Waals surface area contributed by atoms with Crippen LogP contribution in [0.1, 0.15) is 47.1 Å². The number of carbonyl (C=O) groups is 1. The number of rotatable bonds is 6. The third kappa shape index (κ3) is 3.97. The lowest BCUT2D eigenvalue weighted by molar-refractivity contribution is 0.0970. The van der Waals surface area contributed by atoms with Crippen LogP contribution in [-0.4, -0.2) is 24.1 Å². The highest BCUT2D eigenvalue weighted by atomic mass is 79.9. The number of aryl methyl sites for hydroxylation is 1. The number of hydrogen-bond acceptors (Lipinski definition) is 6. The number of halogens is 1. The molecule has 0 radical (unpaired) electrons. The van der Waals surface area contributed by atoms with Gasteiger partial charge in [0.2, 0.25) is 5.76 Å². The summed E-state index contributed by atoms with van der Waals surface area (Å²) >= 11 is 3.43. The Balaban J connectivity index is 1.79. The van der Waals surface area contributed by atoms with Crippen molar-refractivity contribution in [1.82, 2.24) is 4.98 Å². The summed E-state index contributed by atoms with van der Waals surface area (Å²) < 4.78 is 18.3. The Morgan fingerprint density at radius 3 is 2.51 bits per heavy atom. The Bertz CT molecular complexity index is 1510. The predicted molar refractivity (Wildman–Crippen MR) is 137 cm³/mol. The van der Waals surface area contributed by atoms with Gasteiger partial charge in [-0.3, -0.25) is 14.5 Å². The van der Waals surface area contributed by atoms with Gasteiger partial charge in [-0.1, -0.05) is 22.0 Å². The van der Waals surface area contributed by atoms with Crippen molar-refractivity contribution >= 4 is 38.6 Å². The van der Waals surface area contributed by atoms with Crippen LogP contribution in [-0.2, 0) is 0 Å². The normalized spacial score (nSPS) is 14.9. The Morgan fingerprint density at radius 2 is 1.77 bits per heavy atom. The maximum absolute atomic E-state index is 13.8. The smallest absolute Gasteiger partial charge is 0.296 e. The topological polar surface area (TPSA) is 81.9 Å². The summed E-state index contributed by atoms with van der Waals surface area (Å²) in [5, 5.41) is 0.394. The summed E-state index contributed by atoms with van der Waals surface area (Å²) in [4.78, 5) is 33.5. The van der Waals surface area contributed by atoms with Crippen LogP contribution >= 0.6 is 15.9 Å². The standard InChI is InChI=1S/C27H23BrN2O5/c1-4-33-20-8-6-16(13-21(20)34-5-2)24-23-25(31)18-14-17(28)7-9-19(18)35-26(23)27(32)30(24)22-12-15(3)10-11-29-22/h6-14,24H,4-5H2,1-3H3. The van der Waals surface area contributed by atoms with Crippen molar-refractivity contribution in [2.45, 2.75) is 26.8 Å². The molecular formula is C27H23BrN2O5. The van der Waals surface area contributed by atoms with Gasteiger partial charge in [0.1, 0.15) is 11.4 Å². The molecule has 2 aromatic carbocycles. The molecule has 0 spiro atoms. The number of benzene rings is 2. The number of ether oxygens (including phenoxy) is 2. The predicted octanol–water partition coefficient (Wildman–Crippen LogP) is 5.81. The van der Waals surface area contributed by atoms with Gasteiger partial charge in [0.05, 0.1) is 30.2 Å². The minimum Gasteiger partial charge on any atom is -0.490 e. The van der Waals surface area contributed by atoms with Gasteiger partial charge in [-0.05, 0) is 74.4 Å². The van der Waals surface area contributed by atoms with E-state index in [2.05, 4.69) is 20.9 Å². The van der Waals surface area contributed by atoms with E-state index >= 15 is 0 Å². The van der Waals surface area contributed by atoms with Gasteiger partial charge in [0.15, 0.2) is 16.9 Å². The van der Waals surface area contributed by atoms with Crippen LogP contribution in [0.25, 0.3) is 11.0 Å². The number of amides is 1. The number of hydrogen-bond donors (Lipinski definition) is 0. The van der Waals surface area contributed by atoms with Crippen molar-refractivity contribution in [3.8, 4) is 11.5 Å². The number of anilines is 1. The molecule has 1 atom stereocenters. The van der Waals surface area contributed by atoms with Crippen LogP contribution in [0.2, 0.25) is 0 Å². The highest BCUT2D eigenvalue weighted by Gasteiger charge is 2.44. The Labute approximate surface area is 210 Å². The van der Waals surface area contributed by atoms with E-state index in [0.29, 0.717) is 47.1 Å². The Morgan fingerprint density at radius 1 is 1.00 bits per heavy atom. The molecular weight excluding hydrogens is 512 g/mol. The van der Waals surface area contributed by atoms with Crippen LogP contribution in [0.5, 0.6) is 11.5 Å². The van der Waals surface area contributed by atoms with Crippen molar-refractivity contribution < 1.29 is 18.7 Å². The summed E-state index contributed by atoms with van der Waals surface area (Å²) in [6.45, 7) is 6.63. The fraction of sp³-hybridized carbons (Fsp3) is 0.222. The van der Waals surface area contributed by atoms with Crippen LogP contribution in [0.3, 0.4) is 0 Å². The average molecular weight is 535 g/mol. The van der Waals surface area contributed by atoms with E-state index in [9.17, 15) is 9.59 Å². The highest BCUT2D eigenvalue weighted by molar-refractivity contribution is 9.10. The van der Waals surface area contributed by atoms with Crippen molar-refractivity contribution in [3.05, 3.63) is 91.9 Å². The van der Waals surface area contributed by atoms with Gasteiger partial charge in [-0.25, -0.2) is 4.98 Å². The second-order valence-corrected chi connectivity index (χ2v) is 9.07. The summed E-state index contributed by atoms with van der Waals surface area (Å²) in [6.07, 6.45) is 1.64. The SMILES string of the molecule is CCOc1ccc(C2c3c(oc4ccc(Br)cc4c3=O)C(=O)N2c2cc(C)ccn2)cc1OCC. The van der Waals surface area contributed by atoms with Gasteiger partial charge in [-0.2, -0.15) is 0 Å². The molecule has 178 valence electrons. The summed E-state index contributed by atoms with van der Waals surface area (Å²) in [5.41, 5.74) is 1.99. The van der Waals surface area contributed by atoms with Crippen LogP contribution in [0.15, 0.2) is 68.4 Å². The van der Waals surface area contributed by atoms with Gasteiger partial charge >= 0.3 is 0 Å². The zero-order chi connectivity index (χ0) is 24.7. The lowest BCUT2D eigenvalue weighted by Crippen LogP contribution is -2.30. The van der Waals surface area contributed by atoms with E-state index in [1.165, 1.54) is 4.90 Å². The maximum Gasteiger partial charge on any atom is 0.296 e. The first-order valence-corrected chi connectivity index (χ1v) is 12.1. The summed E-state index contributed by atoms with van der Waals surface area (Å²) in [5.74, 6) is 1.17. The van der Waals surface area contributed by atoms with Crippen molar-refractivity contribution in [3.63, 3.8) is 0 Å². The Hall–Kier alpha value is -3.65. The molecule has 35 heavy (non-hydrogen) atoms. The van der Waals surface area contributed by atoms with Crippen LogP contribution in [0, 0.1) is 6.92 Å². The van der Waals surface area contributed by atoms with Crippen molar-refractivity contribution in [2.75, 3.05) is 18.1 Å². The second kappa shape index (κ2) is 9.19. The molecule has 3 heterocycles. The largest absolute Gasteiger partial charge is 0.490 e. The number of aromatic nitrogens is 1. The Kier molecular flexibility index (Phi) is 6.06. The highest BCUT2D eigenvalue weighted by Crippen LogP contribution is 2.43. The van der Waals surface area contributed by atoms with Crippen LogP contribution < -0.4 is 19.8 Å². The first-order valence-electron chi connectivity index (χ1n) is 11.3. The zero-order valence-corrected chi connectivity index (χ0v) is 21.1. The van der Waals surface area contributed by atoms with E-state index in [4.69, 9.17) is 13.9 Å². The molecule has 8 heteroatoms. The molecule has 5 rings (SSSR count). The minimum absolute atomic E-state index is 0.0185. The molecule has 1 unspecified atom stereocenters. The van der Waals surface area contributed by atoms with Crippen molar-refractivity contribution in [1.29, 1.82) is 0 Å². The molecule has 0 aliphatic carbocycles. The molecule has 0 saturated heterocycles. The molecule has 1 amide bonds. The lowest BCUT2D eigenvalue weighted by atomic mass is 9.98. The van der Waals surface area contributed by atoms with Gasteiger partial charge < -0.3 is 13.9 Å². The first kappa shape index (κ1) is 23.1. The molecule has 1 aliphatic heterocycles. The average Bonchev–Trinajstić information content (AvgIpc) is 3.13. The molecule has 2 aromatic heterocycles. The summed E-state index contributed by atoms with van der Waals surface area (Å²) in [7, 11) is 0. The summed E-state index contributed by atoms with van der Waals surface area (Å²) in [6, 6.07) is 13.5. The third-order valence-electron chi connectivity index (χ3n) is 5.86. The maximum atomic E-state index is 13.8. The van der Waals surface area contributed by atoms with E-state index in [-0.39, 0.29) is 16.8 Å². The number of fused-ring (bicyclic) bond motifs is 2. The van der Waals surface area contributed by atoms with Gasteiger partial charge in [0, 0.05) is 10.7 Å². The van der Waals surface area contributed by atoms with E-state index in [0.717, 1.165) is 10.0 Å². The molecule has 1 aliphatic rings. The van der Waals surface area contributed by atoms with Gasteiger partial charge in [0.25, 0.3) is 5.91 Å². The number of nitrogens with zero attached hydrogens (tertiary/aromatic N) is 2. The van der Waals surface area contributed by atoms with E-state index < -0.39 is 11.9 Å². The molecule has 7 nitrogen and oxygen atoms in total. The molecule has 4 aromatic rings. The van der Waals surface area contributed by atoms with Crippen LogP contribution in [0.4, 0.5) is 5.82 Å². The molecule has 0 bridgehead atoms. The monoisotopic (exact) mass is 534 g/mol. The first-order chi connectivity index (χ1) is 16.9. The minimum atomic E-state index is -0.749.